The zero-order valence-electron chi connectivity index (χ0n) is 13.0. The second-order valence-corrected chi connectivity index (χ2v) is 6.39. The molecule has 0 spiro atoms. The molecule has 1 atom stereocenters. The molecule has 1 fully saturated rings. The molecule has 1 aliphatic rings. The van der Waals surface area contributed by atoms with Gasteiger partial charge in [0.1, 0.15) is 0 Å². The van der Waals surface area contributed by atoms with Crippen LogP contribution in [-0.2, 0) is 4.79 Å². The van der Waals surface area contributed by atoms with Crippen LogP contribution in [0.15, 0.2) is 0 Å². The molecule has 20 heavy (non-hydrogen) atoms. The van der Waals surface area contributed by atoms with E-state index < -0.39 is 5.97 Å². The number of amides is 2. The molecule has 1 heterocycles. The number of carboxylic acids is 1. The number of piperazine rings is 1. The van der Waals surface area contributed by atoms with Crippen molar-refractivity contribution in [3.63, 3.8) is 0 Å². The lowest BCUT2D eigenvalue weighted by Crippen LogP contribution is -2.55. The normalized spacial score (nSPS) is 18.7. The van der Waals surface area contributed by atoms with E-state index in [1.807, 2.05) is 20.8 Å². The van der Waals surface area contributed by atoms with Crippen LogP contribution in [0.25, 0.3) is 0 Å². The molecule has 2 N–H and O–H groups in total. The molecular formula is C14H27N3O3. The molecule has 1 saturated heterocycles. The van der Waals surface area contributed by atoms with Gasteiger partial charge in [-0.3, -0.25) is 4.79 Å². The third-order valence-corrected chi connectivity index (χ3v) is 3.83. The van der Waals surface area contributed by atoms with E-state index in [0.717, 1.165) is 19.6 Å². The second-order valence-electron chi connectivity index (χ2n) is 6.39. The Bertz CT molecular complexity index is 344. The number of hydrogen-bond acceptors (Lipinski definition) is 3. The summed E-state index contributed by atoms with van der Waals surface area (Å²) in [5.74, 6) is -0.888. The lowest BCUT2D eigenvalue weighted by Gasteiger charge is -2.37. The lowest BCUT2D eigenvalue weighted by molar-refractivity contribution is -0.138. The van der Waals surface area contributed by atoms with Gasteiger partial charge in [-0.15, -0.1) is 0 Å². The Morgan fingerprint density at radius 1 is 1.20 bits per heavy atom. The summed E-state index contributed by atoms with van der Waals surface area (Å²) in [5.41, 5.74) is -0.278. The molecule has 116 valence electrons. The van der Waals surface area contributed by atoms with Crippen molar-refractivity contribution >= 4 is 12.0 Å². The van der Waals surface area contributed by atoms with Gasteiger partial charge in [-0.1, -0.05) is 27.7 Å². The fourth-order valence-corrected chi connectivity index (χ4v) is 2.26. The third-order valence-electron chi connectivity index (χ3n) is 3.83. The van der Waals surface area contributed by atoms with Gasteiger partial charge in [0.15, 0.2) is 0 Å². The molecule has 0 aromatic heterocycles. The summed E-state index contributed by atoms with van der Waals surface area (Å²) in [6, 6.07) is -0.515. The summed E-state index contributed by atoms with van der Waals surface area (Å²) >= 11 is 0. The highest BCUT2D eigenvalue weighted by Gasteiger charge is 2.30. The van der Waals surface area contributed by atoms with Gasteiger partial charge in [0.25, 0.3) is 0 Å². The average Bonchev–Trinajstić information content (AvgIpc) is 2.36. The molecule has 6 nitrogen and oxygen atoms in total. The van der Waals surface area contributed by atoms with Gasteiger partial charge in [-0.25, -0.2) is 4.79 Å². The smallest absolute Gasteiger partial charge is 0.317 e. The van der Waals surface area contributed by atoms with Crippen LogP contribution in [-0.4, -0.2) is 65.7 Å². The fraction of sp³-hybridized carbons (Fsp3) is 0.857. The largest absolute Gasteiger partial charge is 0.481 e. The Labute approximate surface area is 121 Å². The van der Waals surface area contributed by atoms with E-state index >= 15 is 0 Å². The highest BCUT2D eigenvalue weighted by molar-refractivity contribution is 5.76. The van der Waals surface area contributed by atoms with Crippen molar-refractivity contribution in [3.8, 4) is 0 Å². The van der Waals surface area contributed by atoms with Gasteiger partial charge in [0, 0.05) is 32.2 Å². The maximum Gasteiger partial charge on any atom is 0.317 e. The molecular weight excluding hydrogens is 258 g/mol. The summed E-state index contributed by atoms with van der Waals surface area (Å²) in [6.07, 6.45) is -0.0514. The van der Waals surface area contributed by atoms with Crippen molar-refractivity contribution < 1.29 is 14.7 Å². The maximum atomic E-state index is 12.2. The van der Waals surface area contributed by atoms with Crippen LogP contribution in [0.3, 0.4) is 0 Å². The Morgan fingerprint density at radius 2 is 1.75 bits per heavy atom. The summed E-state index contributed by atoms with van der Waals surface area (Å²) in [6.45, 7) is 12.1. The van der Waals surface area contributed by atoms with Crippen LogP contribution in [0.5, 0.6) is 0 Å². The minimum absolute atomic E-state index is 0.0514. The van der Waals surface area contributed by atoms with Crippen LogP contribution in [0.2, 0.25) is 0 Å². The van der Waals surface area contributed by atoms with E-state index in [-0.39, 0.29) is 23.9 Å². The maximum absolute atomic E-state index is 12.2. The topological polar surface area (TPSA) is 72.9 Å². The number of hydrogen-bond donors (Lipinski definition) is 2. The minimum atomic E-state index is -0.888. The first-order valence-corrected chi connectivity index (χ1v) is 7.23. The molecule has 0 aromatic rings. The first-order chi connectivity index (χ1) is 9.24. The van der Waals surface area contributed by atoms with E-state index in [1.54, 1.807) is 4.90 Å². The number of rotatable bonds is 4. The number of likely N-dealkylation sites (N-methyl/N-ethyl adjacent to an activating group) is 1. The molecule has 0 bridgehead atoms. The number of nitrogens with one attached hydrogen (secondary N) is 1. The Balaban J connectivity index is 2.56. The van der Waals surface area contributed by atoms with Crippen molar-refractivity contribution in [2.75, 3.05) is 32.7 Å². The third kappa shape index (κ3) is 5.00. The molecule has 1 unspecified atom stereocenters. The number of carbonyl (C=O) groups is 2. The molecule has 1 rings (SSSR count). The number of carboxylic acid groups (broad SMARTS) is 1. The van der Waals surface area contributed by atoms with Crippen LogP contribution in [0.1, 0.15) is 34.1 Å². The quantitative estimate of drug-likeness (QED) is 0.814. The van der Waals surface area contributed by atoms with Gasteiger partial charge in [0.2, 0.25) is 0 Å². The Morgan fingerprint density at radius 3 is 2.15 bits per heavy atom. The standard InChI is InChI=1S/C14H27N3O3/c1-5-16-6-8-17(9-7-16)13(20)15-11(10-12(18)19)14(2,3)4/h11H,5-10H2,1-4H3,(H,15,20)(H,18,19). The Hall–Kier alpha value is -1.30. The summed E-state index contributed by atoms with van der Waals surface area (Å²) < 4.78 is 0. The number of carbonyl (C=O) groups excluding carboxylic acids is 1. The van der Waals surface area contributed by atoms with Crippen LogP contribution in [0.4, 0.5) is 4.79 Å². The first-order valence-electron chi connectivity index (χ1n) is 7.23. The summed E-state index contributed by atoms with van der Waals surface area (Å²) in [4.78, 5) is 27.2. The van der Waals surface area contributed by atoms with Crippen LogP contribution in [0, 0.1) is 5.41 Å². The highest BCUT2D eigenvalue weighted by Crippen LogP contribution is 2.22. The summed E-state index contributed by atoms with van der Waals surface area (Å²) in [7, 11) is 0. The van der Waals surface area contributed by atoms with Gasteiger partial charge >= 0.3 is 12.0 Å². The van der Waals surface area contributed by atoms with Crippen LogP contribution < -0.4 is 5.32 Å². The molecule has 0 saturated carbocycles. The zero-order chi connectivity index (χ0) is 15.3. The predicted molar refractivity (Wildman–Crippen MR) is 77.7 cm³/mol. The van der Waals surface area contributed by atoms with Crippen molar-refractivity contribution in [1.29, 1.82) is 0 Å². The monoisotopic (exact) mass is 285 g/mol. The predicted octanol–water partition coefficient (Wildman–Crippen LogP) is 1.22. The summed E-state index contributed by atoms with van der Waals surface area (Å²) in [5, 5.41) is 11.8. The van der Waals surface area contributed by atoms with Gasteiger partial charge in [0.05, 0.1) is 6.42 Å². The minimum Gasteiger partial charge on any atom is -0.481 e. The van der Waals surface area contributed by atoms with Crippen molar-refractivity contribution in [1.82, 2.24) is 15.1 Å². The number of urea groups is 1. The van der Waals surface area contributed by atoms with Crippen molar-refractivity contribution in [2.24, 2.45) is 5.41 Å². The molecule has 0 aromatic carbocycles. The van der Waals surface area contributed by atoms with E-state index in [0.29, 0.717) is 13.1 Å². The molecule has 0 radical (unpaired) electrons. The van der Waals surface area contributed by atoms with Gasteiger partial charge in [-0.05, 0) is 12.0 Å². The fourth-order valence-electron chi connectivity index (χ4n) is 2.26. The van der Waals surface area contributed by atoms with Crippen LogP contribution >= 0.6 is 0 Å². The van der Waals surface area contributed by atoms with Crippen molar-refractivity contribution in [2.45, 2.75) is 40.2 Å². The van der Waals surface area contributed by atoms with Gasteiger partial charge in [-0.2, -0.15) is 0 Å². The second kappa shape index (κ2) is 6.92. The molecule has 1 aliphatic heterocycles. The first kappa shape index (κ1) is 16.8. The van der Waals surface area contributed by atoms with E-state index in [9.17, 15) is 9.59 Å². The SMILES string of the molecule is CCN1CCN(C(=O)NC(CC(=O)O)C(C)(C)C)CC1. The molecule has 2 amide bonds. The van der Waals surface area contributed by atoms with E-state index in [1.165, 1.54) is 0 Å². The van der Waals surface area contributed by atoms with Gasteiger partial charge < -0.3 is 20.2 Å². The Kier molecular flexibility index (Phi) is 5.80. The average molecular weight is 285 g/mol. The highest BCUT2D eigenvalue weighted by atomic mass is 16.4. The number of aliphatic carboxylic acids is 1. The van der Waals surface area contributed by atoms with E-state index in [2.05, 4.69) is 17.1 Å². The number of nitrogens with zero attached hydrogens (tertiary/aromatic N) is 2. The van der Waals surface area contributed by atoms with Crippen molar-refractivity contribution in [3.05, 3.63) is 0 Å². The molecule has 0 aliphatic carbocycles. The van der Waals surface area contributed by atoms with E-state index in [4.69, 9.17) is 5.11 Å². The molecule has 6 heteroatoms. The zero-order valence-corrected chi connectivity index (χ0v) is 13.0. The lowest BCUT2D eigenvalue weighted by atomic mass is 9.85.